The number of hydrogen-bond acceptors (Lipinski definition) is 8. The summed E-state index contributed by atoms with van der Waals surface area (Å²) in [6.45, 7) is 5.37. The van der Waals surface area contributed by atoms with Gasteiger partial charge in [0.2, 0.25) is 0 Å². The van der Waals surface area contributed by atoms with Crippen LogP contribution in [-0.4, -0.2) is 37.2 Å². The number of carboxylic acid groups (broad SMARTS) is 1. The molecule has 224 valence electrons. The Labute approximate surface area is 264 Å². The Kier molecular flexibility index (Phi) is 7.78. The number of fused-ring (bicyclic) bond motifs is 2. The first-order chi connectivity index (χ1) is 21.6. The smallest absolute Gasteiger partial charge is 0.338 e. The number of carboxylic acids is 1. The number of benzene rings is 2. The van der Waals surface area contributed by atoms with Gasteiger partial charge in [0.05, 0.1) is 44.7 Å². The normalized spacial score (nSPS) is 11.2. The Morgan fingerprint density at radius 3 is 2.53 bits per heavy atom. The number of aryl methyl sites for hydroxylation is 3. The van der Waals surface area contributed by atoms with Gasteiger partial charge in [-0.2, -0.15) is 5.26 Å². The average Bonchev–Trinajstić information content (AvgIpc) is 3.44. The van der Waals surface area contributed by atoms with Crippen LogP contribution in [0.5, 0.6) is 5.75 Å². The minimum atomic E-state index is -1.06. The van der Waals surface area contributed by atoms with E-state index in [-0.39, 0.29) is 35.4 Å². The molecule has 0 amide bonds. The molecule has 4 aromatic heterocycles. The number of aromatic carboxylic acids is 1. The van der Waals surface area contributed by atoms with Gasteiger partial charge >= 0.3 is 5.97 Å². The second kappa shape index (κ2) is 11.7. The summed E-state index contributed by atoms with van der Waals surface area (Å²) in [5.74, 6) is -0.593. The van der Waals surface area contributed by atoms with E-state index in [9.17, 15) is 24.3 Å². The van der Waals surface area contributed by atoms with Crippen molar-refractivity contribution in [3.05, 3.63) is 103 Å². The van der Waals surface area contributed by atoms with E-state index in [1.54, 1.807) is 44.4 Å². The summed E-state index contributed by atoms with van der Waals surface area (Å²) in [4.78, 5) is 39.3. The third-order valence-corrected chi connectivity index (χ3v) is 8.62. The van der Waals surface area contributed by atoms with E-state index in [4.69, 9.17) is 16.3 Å². The Balaban J connectivity index is 1.38. The molecule has 12 heteroatoms. The third kappa shape index (κ3) is 5.39. The van der Waals surface area contributed by atoms with Crippen LogP contribution < -0.4 is 10.3 Å². The van der Waals surface area contributed by atoms with Crippen LogP contribution in [0, 0.1) is 37.9 Å². The fourth-order valence-electron chi connectivity index (χ4n) is 5.31. The summed E-state index contributed by atoms with van der Waals surface area (Å²) in [5, 5.41) is 21.9. The number of thiophene rings is 1. The third-order valence-electron chi connectivity index (χ3n) is 7.38. The lowest BCUT2D eigenvalue weighted by molar-refractivity contribution is 0.0699. The molecule has 4 heterocycles. The summed E-state index contributed by atoms with van der Waals surface area (Å²) in [7, 11) is 0. The second-order valence-electron chi connectivity index (χ2n) is 10.3. The SMILES string of the molecule is Cc1cc(-c2cc(Cl)ccc2OCCn2c(C)nc3c(C)nc(-c4ccc(F)cc4)c(C#N)c3c2=O)c2scc(C(=O)O)c2n1. The van der Waals surface area contributed by atoms with Crippen LogP contribution in [0.2, 0.25) is 5.02 Å². The maximum Gasteiger partial charge on any atom is 0.338 e. The van der Waals surface area contributed by atoms with Gasteiger partial charge in [-0.25, -0.2) is 19.2 Å². The van der Waals surface area contributed by atoms with Crippen molar-refractivity contribution in [1.82, 2.24) is 19.5 Å². The van der Waals surface area contributed by atoms with Crippen LogP contribution in [0.15, 0.2) is 58.7 Å². The molecule has 0 unspecified atom stereocenters. The number of nitriles is 1. The van der Waals surface area contributed by atoms with Gasteiger partial charge < -0.3 is 9.84 Å². The molecule has 0 bridgehead atoms. The van der Waals surface area contributed by atoms with Crippen LogP contribution in [0.4, 0.5) is 4.39 Å². The predicted molar refractivity (Wildman–Crippen MR) is 171 cm³/mol. The molecule has 0 atom stereocenters. The van der Waals surface area contributed by atoms with Gasteiger partial charge in [0.25, 0.3) is 5.56 Å². The van der Waals surface area contributed by atoms with E-state index < -0.39 is 17.3 Å². The van der Waals surface area contributed by atoms with E-state index in [1.807, 2.05) is 6.07 Å². The summed E-state index contributed by atoms with van der Waals surface area (Å²) >= 11 is 7.65. The Morgan fingerprint density at radius 1 is 1.07 bits per heavy atom. The molecule has 0 saturated carbocycles. The van der Waals surface area contributed by atoms with Crippen molar-refractivity contribution in [2.45, 2.75) is 27.3 Å². The van der Waals surface area contributed by atoms with Crippen molar-refractivity contribution >= 4 is 50.0 Å². The van der Waals surface area contributed by atoms with E-state index in [1.165, 1.54) is 40.2 Å². The Bertz CT molecular complexity index is 2280. The van der Waals surface area contributed by atoms with E-state index in [2.05, 4.69) is 21.0 Å². The minimum Gasteiger partial charge on any atom is -0.491 e. The zero-order chi connectivity index (χ0) is 32.0. The topological polar surface area (TPSA) is 131 Å². The van der Waals surface area contributed by atoms with E-state index in [0.717, 1.165) is 5.56 Å². The monoisotopic (exact) mass is 639 g/mol. The highest BCUT2D eigenvalue weighted by Gasteiger charge is 2.22. The number of ether oxygens (including phenoxy) is 1. The molecule has 1 N–H and O–H groups in total. The molecule has 9 nitrogen and oxygen atoms in total. The molecule has 0 aliphatic heterocycles. The van der Waals surface area contributed by atoms with Crippen LogP contribution in [0.1, 0.15) is 33.1 Å². The molecule has 0 fully saturated rings. The highest BCUT2D eigenvalue weighted by atomic mass is 35.5. The minimum absolute atomic E-state index is 0.0584. The van der Waals surface area contributed by atoms with Gasteiger partial charge in [-0.15, -0.1) is 11.3 Å². The zero-order valence-corrected chi connectivity index (χ0v) is 25.8. The maximum atomic E-state index is 13.9. The van der Waals surface area contributed by atoms with Crippen molar-refractivity contribution in [3.63, 3.8) is 0 Å². The Hall–Kier alpha value is -5.18. The van der Waals surface area contributed by atoms with Crippen LogP contribution in [0.25, 0.3) is 43.5 Å². The molecule has 6 aromatic rings. The van der Waals surface area contributed by atoms with Crippen molar-refractivity contribution in [3.8, 4) is 34.2 Å². The van der Waals surface area contributed by atoms with Gasteiger partial charge in [0.1, 0.15) is 35.6 Å². The first kappa shape index (κ1) is 29.9. The molecule has 45 heavy (non-hydrogen) atoms. The molecule has 2 aromatic carbocycles. The summed E-state index contributed by atoms with van der Waals surface area (Å²) in [6.07, 6.45) is 0. The van der Waals surface area contributed by atoms with Crippen LogP contribution >= 0.6 is 22.9 Å². The highest BCUT2D eigenvalue weighted by Crippen LogP contribution is 2.40. The van der Waals surface area contributed by atoms with Gasteiger partial charge in [-0.05, 0) is 69.3 Å². The lowest BCUT2D eigenvalue weighted by Crippen LogP contribution is -2.27. The standard InChI is InChI=1S/C33H23ClFN5O4S/c1-16-12-23(31-30(37-16)25(15-45-31)33(42)43)22-13-20(34)6-9-26(22)44-11-10-40-18(3)39-28-17(2)38-29(19-4-7-21(35)8-5-19)24(14-36)27(28)32(40)41/h4-9,12-13,15H,10-11H2,1-3H3,(H,42,43). The number of halogens is 2. The lowest BCUT2D eigenvalue weighted by Gasteiger charge is -2.16. The first-order valence-corrected chi connectivity index (χ1v) is 15.0. The summed E-state index contributed by atoms with van der Waals surface area (Å²) < 4.78 is 21.9. The fourth-order valence-corrected chi connectivity index (χ4v) is 6.49. The summed E-state index contributed by atoms with van der Waals surface area (Å²) in [6, 6.07) is 14.7. The van der Waals surface area contributed by atoms with Crippen molar-refractivity contribution in [1.29, 1.82) is 5.26 Å². The molecule has 6 rings (SSSR count). The van der Waals surface area contributed by atoms with E-state index >= 15 is 0 Å². The molecular formula is C33H23ClFN5O4S. The first-order valence-electron chi connectivity index (χ1n) is 13.7. The van der Waals surface area contributed by atoms with E-state index in [0.29, 0.717) is 54.8 Å². The maximum absolute atomic E-state index is 13.9. The molecular weight excluding hydrogens is 617 g/mol. The number of hydrogen-bond donors (Lipinski definition) is 1. The number of rotatable bonds is 7. The molecule has 0 aliphatic rings. The highest BCUT2D eigenvalue weighted by molar-refractivity contribution is 7.18. The van der Waals surface area contributed by atoms with Crippen molar-refractivity contribution < 1.29 is 19.0 Å². The van der Waals surface area contributed by atoms with Gasteiger partial charge in [-0.1, -0.05) is 11.6 Å². The zero-order valence-electron chi connectivity index (χ0n) is 24.2. The molecule has 0 radical (unpaired) electrons. The molecule has 0 aliphatic carbocycles. The molecule has 0 saturated heterocycles. The predicted octanol–water partition coefficient (Wildman–Crippen LogP) is 7.10. The van der Waals surface area contributed by atoms with Crippen molar-refractivity contribution in [2.75, 3.05) is 6.61 Å². The number of nitrogens with zero attached hydrogens (tertiary/aromatic N) is 5. The average molecular weight is 640 g/mol. The largest absolute Gasteiger partial charge is 0.491 e. The van der Waals surface area contributed by atoms with Gasteiger partial charge in [-0.3, -0.25) is 14.3 Å². The number of carbonyl (C=O) groups is 1. The Morgan fingerprint density at radius 2 is 1.82 bits per heavy atom. The van der Waals surface area contributed by atoms with Crippen LogP contribution in [0.3, 0.4) is 0 Å². The quantitative estimate of drug-likeness (QED) is 0.196. The van der Waals surface area contributed by atoms with Crippen molar-refractivity contribution in [2.24, 2.45) is 0 Å². The molecule has 0 spiro atoms. The van der Waals surface area contributed by atoms with Gasteiger partial charge in [0.15, 0.2) is 0 Å². The van der Waals surface area contributed by atoms with Crippen LogP contribution in [-0.2, 0) is 6.54 Å². The number of aromatic nitrogens is 4. The lowest BCUT2D eigenvalue weighted by atomic mass is 10.0. The van der Waals surface area contributed by atoms with Gasteiger partial charge in [0, 0.05) is 32.8 Å². The fraction of sp³-hybridized carbons (Fsp3) is 0.152. The number of pyridine rings is 2. The second-order valence-corrected chi connectivity index (χ2v) is 11.6. The summed E-state index contributed by atoms with van der Waals surface area (Å²) in [5.41, 5.74) is 3.72.